The van der Waals surface area contributed by atoms with Crippen molar-refractivity contribution in [1.82, 2.24) is 14.7 Å². The Labute approximate surface area is 122 Å². The van der Waals surface area contributed by atoms with Gasteiger partial charge in [-0.3, -0.25) is 9.58 Å². The van der Waals surface area contributed by atoms with Gasteiger partial charge < -0.3 is 10.6 Å². The number of nitrogens with zero attached hydrogens (tertiary/aromatic N) is 4. The van der Waals surface area contributed by atoms with Crippen molar-refractivity contribution in [2.75, 3.05) is 37.3 Å². The highest BCUT2D eigenvalue weighted by Crippen LogP contribution is 2.27. The minimum atomic E-state index is 0.647. The molecule has 0 amide bonds. The molecule has 5 heteroatoms. The predicted molar refractivity (Wildman–Crippen MR) is 85.2 cm³/mol. The minimum Gasteiger partial charge on any atom is -0.394 e. The van der Waals surface area contributed by atoms with Crippen LogP contribution < -0.4 is 10.6 Å². The van der Waals surface area contributed by atoms with Crippen molar-refractivity contribution in [3.8, 4) is 0 Å². The van der Waals surface area contributed by atoms with Gasteiger partial charge in [0.2, 0.25) is 0 Å². The molecule has 2 N–H and O–H groups in total. The van der Waals surface area contributed by atoms with Crippen LogP contribution in [0.3, 0.4) is 0 Å². The normalized spacial score (nSPS) is 19.7. The van der Waals surface area contributed by atoms with E-state index in [0.29, 0.717) is 6.04 Å². The summed E-state index contributed by atoms with van der Waals surface area (Å²) in [6.07, 6.45) is 4.64. The second kappa shape index (κ2) is 6.48. The molecule has 0 bridgehead atoms. The van der Waals surface area contributed by atoms with Gasteiger partial charge >= 0.3 is 0 Å². The summed E-state index contributed by atoms with van der Waals surface area (Å²) in [4.78, 5) is 4.84. The Morgan fingerprint density at radius 2 is 2.15 bits per heavy atom. The van der Waals surface area contributed by atoms with Gasteiger partial charge in [-0.2, -0.15) is 5.10 Å². The van der Waals surface area contributed by atoms with Crippen LogP contribution in [-0.2, 0) is 13.5 Å². The van der Waals surface area contributed by atoms with Crippen LogP contribution >= 0.6 is 0 Å². The zero-order chi connectivity index (χ0) is 14.7. The molecular weight excluding hydrogens is 250 g/mol. The summed E-state index contributed by atoms with van der Waals surface area (Å²) >= 11 is 0. The van der Waals surface area contributed by atoms with E-state index in [1.165, 1.54) is 19.4 Å². The molecule has 1 fully saturated rings. The van der Waals surface area contributed by atoms with Gasteiger partial charge in [0, 0.05) is 26.7 Å². The fraction of sp³-hybridized carbons (Fsp3) is 0.800. The molecule has 5 nitrogen and oxygen atoms in total. The highest BCUT2D eigenvalue weighted by molar-refractivity contribution is 5.66. The van der Waals surface area contributed by atoms with Gasteiger partial charge in [0.05, 0.1) is 11.4 Å². The lowest BCUT2D eigenvalue weighted by atomic mass is 10.2. The lowest BCUT2D eigenvalue weighted by molar-refractivity contribution is 0.270. The molecule has 2 heterocycles. The smallest absolute Gasteiger partial charge is 0.150 e. The zero-order valence-electron chi connectivity index (χ0n) is 13.4. The predicted octanol–water partition coefficient (Wildman–Crippen LogP) is 1.88. The number of aromatic nitrogens is 2. The molecule has 0 saturated carbocycles. The first-order valence-electron chi connectivity index (χ1n) is 7.85. The fourth-order valence-corrected chi connectivity index (χ4v) is 3.38. The summed E-state index contributed by atoms with van der Waals surface area (Å²) in [5.41, 5.74) is 8.19. The highest BCUT2D eigenvalue weighted by Gasteiger charge is 2.26. The van der Waals surface area contributed by atoms with Crippen LogP contribution in [0.4, 0.5) is 11.5 Å². The van der Waals surface area contributed by atoms with Crippen LogP contribution in [0, 0.1) is 0 Å². The average molecular weight is 279 g/mol. The van der Waals surface area contributed by atoms with Crippen LogP contribution in [0.1, 0.15) is 38.8 Å². The second-order valence-corrected chi connectivity index (χ2v) is 5.86. The van der Waals surface area contributed by atoms with Gasteiger partial charge in [-0.15, -0.1) is 0 Å². The van der Waals surface area contributed by atoms with Gasteiger partial charge in [-0.05, 0) is 32.4 Å². The van der Waals surface area contributed by atoms with Crippen molar-refractivity contribution in [3.63, 3.8) is 0 Å². The van der Waals surface area contributed by atoms with Crippen molar-refractivity contribution >= 4 is 11.5 Å². The molecule has 114 valence electrons. The van der Waals surface area contributed by atoms with E-state index in [0.717, 1.165) is 43.1 Å². The van der Waals surface area contributed by atoms with Crippen LogP contribution in [-0.4, -0.2) is 47.4 Å². The fourth-order valence-electron chi connectivity index (χ4n) is 3.38. The molecule has 1 saturated heterocycles. The number of rotatable bonds is 6. The summed E-state index contributed by atoms with van der Waals surface area (Å²) in [6, 6.07) is 0.647. The van der Waals surface area contributed by atoms with Crippen molar-refractivity contribution in [2.45, 2.75) is 45.6 Å². The molecule has 0 radical (unpaired) electrons. The number of hydrogen-bond donors (Lipinski definition) is 1. The van der Waals surface area contributed by atoms with E-state index < -0.39 is 0 Å². The molecule has 1 unspecified atom stereocenters. The molecule has 0 spiro atoms. The molecular formula is C15H29N5. The first kappa shape index (κ1) is 15.2. The number of anilines is 2. The topological polar surface area (TPSA) is 50.3 Å². The summed E-state index contributed by atoms with van der Waals surface area (Å²) in [6.45, 7) is 7.81. The lowest BCUT2D eigenvalue weighted by Crippen LogP contribution is -2.39. The summed E-state index contributed by atoms with van der Waals surface area (Å²) in [7, 11) is 4.13. The maximum absolute atomic E-state index is 6.29. The molecule has 1 atom stereocenters. The molecule has 0 aromatic carbocycles. The minimum absolute atomic E-state index is 0.647. The van der Waals surface area contributed by atoms with Crippen LogP contribution in [0.5, 0.6) is 0 Å². The summed E-state index contributed by atoms with van der Waals surface area (Å²) in [5.74, 6) is 1.07. The summed E-state index contributed by atoms with van der Waals surface area (Å²) in [5, 5.41) is 4.57. The van der Waals surface area contributed by atoms with E-state index in [1.807, 2.05) is 11.7 Å². The van der Waals surface area contributed by atoms with Gasteiger partial charge in [-0.25, -0.2) is 0 Å². The van der Waals surface area contributed by atoms with E-state index in [1.54, 1.807) is 0 Å². The zero-order valence-corrected chi connectivity index (χ0v) is 13.4. The van der Waals surface area contributed by atoms with E-state index in [2.05, 4.69) is 35.8 Å². The van der Waals surface area contributed by atoms with Gasteiger partial charge in [0.1, 0.15) is 5.82 Å². The Hall–Kier alpha value is -1.23. The third kappa shape index (κ3) is 2.92. The van der Waals surface area contributed by atoms with Crippen LogP contribution in [0.15, 0.2) is 0 Å². The molecule has 0 aliphatic carbocycles. The van der Waals surface area contributed by atoms with E-state index >= 15 is 0 Å². The third-order valence-electron chi connectivity index (χ3n) is 4.37. The number of hydrogen-bond acceptors (Lipinski definition) is 4. The second-order valence-electron chi connectivity index (χ2n) is 5.86. The van der Waals surface area contributed by atoms with Crippen molar-refractivity contribution in [3.05, 3.63) is 5.69 Å². The van der Waals surface area contributed by atoms with Crippen molar-refractivity contribution < 1.29 is 0 Å². The van der Waals surface area contributed by atoms with Crippen LogP contribution in [0.2, 0.25) is 0 Å². The van der Waals surface area contributed by atoms with E-state index in [-0.39, 0.29) is 0 Å². The molecule has 1 aliphatic heterocycles. The number of nitrogen functional groups attached to an aromatic ring is 1. The van der Waals surface area contributed by atoms with Gasteiger partial charge in [0.15, 0.2) is 0 Å². The van der Waals surface area contributed by atoms with E-state index in [4.69, 9.17) is 5.73 Å². The first-order chi connectivity index (χ1) is 9.58. The molecule has 2 rings (SSSR count). The van der Waals surface area contributed by atoms with Crippen molar-refractivity contribution in [1.29, 1.82) is 0 Å². The Balaban J connectivity index is 2.10. The van der Waals surface area contributed by atoms with E-state index in [9.17, 15) is 0 Å². The number of likely N-dealkylation sites (tertiary alicyclic amines) is 1. The third-order valence-corrected chi connectivity index (χ3v) is 4.37. The average Bonchev–Trinajstić information content (AvgIpc) is 2.95. The molecule has 1 aliphatic rings. The molecule has 20 heavy (non-hydrogen) atoms. The summed E-state index contributed by atoms with van der Waals surface area (Å²) < 4.78 is 1.94. The molecule has 1 aromatic rings. The standard InChI is InChI=1S/C15H29N5/c1-5-8-13-14(16)15(19(4)17-13)18(3)11-12-9-7-10-20(12)6-2/h12H,5-11,16H2,1-4H3. The Morgan fingerprint density at radius 1 is 1.40 bits per heavy atom. The number of aryl methyl sites for hydroxylation is 2. The Morgan fingerprint density at radius 3 is 2.80 bits per heavy atom. The Bertz CT molecular complexity index is 440. The largest absolute Gasteiger partial charge is 0.394 e. The van der Waals surface area contributed by atoms with Crippen molar-refractivity contribution in [2.24, 2.45) is 7.05 Å². The molecule has 1 aromatic heterocycles. The maximum Gasteiger partial charge on any atom is 0.150 e. The van der Waals surface area contributed by atoms with Crippen LogP contribution in [0.25, 0.3) is 0 Å². The number of nitrogens with two attached hydrogens (primary N) is 1. The quantitative estimate of drug-likeness (QED) is 0.864. The Kier molecular flexibility index (Phi) is 4.91. The number of likely N-dealkylation sites (N-methyl/N-ethyl adjacent to an activating group) is 2. The van der Waals surface area contributed by atoms with Gasteiger partial charge in [-0.1, -0.05) is 20.3 Å². The maximum atomic E-state index is 6.29. The van der Waals surface area contributed by atoms with Gasteiger partial charge in [0.25, 0.3) is 0 Å². The SMILES string of the molecule is CCCc1nn(C)c(N(C)CC2CCCN2CC)c1N. The highest BCUT2D eigenvalue weighted by atomic mass is 15.4. The lowest BCUT2D eigenvalue weighted by Gasteiger charge is -2.29. The monoisotopic (exact) mass is 279 g/mol. The first-order valence-corrected chi connectivity index (χ1v) is 7.85.